The van der Waals surface area contributed by atoms with Crippen LogP contribution in [0.4, 0.5) is 0 Å². The van der Waals surface area contributed by atoms with E-state index in [1.54, 1.807) is 16.8 Å². The van der Waals surface area contributed by atoms with Crippen LogP contribution in [0, 0.1) is 6.92 Å². The molecule has 0 saturated carbocycles. The third kappa shape index (κ3) is 3.06. The lowest BCUT2D eigenvalue weighted by atomic mass is 10.2. The second kappa shape index (κ2) is 6.16. The first-order valence-corrected chi connectivity index (χ1v) is 7.68. The van der Waals surface area contributed by atoms with Gasteiger partial charge in [0.2, 0.25) is 0 Å². The topological polar surface area (TPSA) is 72.2 Å². The van der Waals surface area contributed by atoms with Gasteiger partial charge in [0.1, 0.15) is 11.4 Å². The van der Waals surface area contributed by atoms with Crippen LogP contribution in [0.15, 0.2) is 36.5 Å². The molecule has 3 aromatic heterocycles. The number of fused-ring (bicyclic) bond motifs is 1. The molecule has 1 N–H and O–H groups in total. The minimum Gasteiger partial charge on any atom is -0.348 e. The molecule has 3 aromatic rings. The summed E-state index contributed by atoms with van der Waals surface area (Å²) in [6.07, 6.45) is 2.61. The fourth-order valence-corrected chi connectivity index (χ4v) is 2.28. The van der Waals surface area contributed by atoms with Crippen LogP contribution < -0.4 is 5.32 Å². The van der Waals surface area contributed by atoms with E-state index >= 15 is 0 Å². The van der Waals surface area contributed by atoms with Crippen LogP contribution in [0.25, 0.3) is 17.0 Å². The number of nitrogens with zero attached hydrogens (tertiary/aromatic N) is 4. The van der Waals surface area contributed by atoms with Gasteiger partial charge in [-0.05, 0) is 38.5 Å². The Balaban J connectivity index is 2.00. The van der Waals surface area contributed by atoms with Crippen molar-refractivity contribution >= 4 is 11.6 Å². The molecular formula is C17H19N5O. The van der Waals surface area contributed by atoms with Gasteiger partial charge in [-0.25, -0.2) is 9.50 Å². The molecule has 1 atom stereocenters. The summed E-state index contributed by atoms with van der Waals surface area (Å²) in [6.45, 7) is 5.91. The second-order valence-electron chi connectivity index (χ2n) is 5.58. The normalized spacial score (nSPS) is 12.3. The lowest BCUT2D eigenvalue weighted by Gasteiger charge is -2.11. The van der Waals surface area contributed by atoms with Gasteiger partial charge in [-0.3, -0.25) is 9.78 Å². The molecule has 0 aliphatic carbocycles. The monoisotopic (exact) mass is 309 g/mol. The molecule has 0 spiro atoms. The molecule has 0 aliphatic rings. The average molecular weight is 309 g/mol. The van der Waals surface area contributed by atoms with E-state index in [-0.39, 0.29) is 11.9 Å². The highest BCUT2D eigenvalue weighted by Crippen LogP contribution is 2.17. The average Bonchev–Trinajstić information content (AvgIpc) is 3.00. The van der Waals surface area contributed by atoms with Crippen molar-refractivity contribution in [1.82, 2.24) is 24.9 Å². The third-order valence-electron chi connectivity index (χ3n) is 3.76. The molecule has 3 heterocycles. The van der Waals surface area contributed by atoms with E-state index in [0.29, 0.717) is 11.3 Å². The number of carbonyl (C=O) groups excluding carboxylic acids is 1. The number of nitrogens with one attached hydrogen (secondary N) is 1. The summed E-state index contributed by atoms with van der Waals surface area (Å²) in [5.74, 6) is -0.162. The summed E-state index contributed by atoms with van der Waals surface area (Å²) < 4.78 is 1.73. The van der Waals surface area contributed by atoms with Crippen molar-refractivity contribution in [3.63, 3.8) is 0 Å². The molecule has 0 fully saturated rings. The second-order valence-corrected chi connectivity index (χ2v) is 5.58. The summed E-state index contributed by atoms with van der Waals surface area (Å²) in [6, 6.07) is 9.38. The van der Waals surface area contributed by atoms with E-state index in [9.17, 15) is 4.79 Å². The number of carbonyl (C=O) groups is 1. The Labute approximate surface area is 134 Å². The van der Waals surface area contributed by atoms with Crippen molar-refractivity contribution < 1.29 is 4.79 Å². The SMILES string of the molecule is CC[C@@H](C)NC(=O)c1cc(C)n2nc(-c3ccccn3)cc2n1. The molecule has 0 radical (unpaired) electrons. The van der Waals surface area contributed by atoms with Gasteiger partial charge in [-0.2, -0.15) is 5.10 Å². The van der Waals surface area contributed by atoms with Gasteiger partial charge >= 0.3 is 0 Å². The fourth-order valence-electron chi connectivity index (χ4n) is 2.28. The molecule has 23 heavy (non-hydrogen) atoms. The van der Waals surface area contributed by atoms with Gasteiger partial charge in [-0.1, -0.05) is 13.0 Å². The lowest BCUT2D eigenvalue weighted by molar-refractivity contribution is 0.0934. The summed E-state index contributed by atoms with van der Waals surface area (Å²) >= 11 is 0. The third-order valence-corrected chi connectivity index (χ3v) is 3.76. The Morgan fingerprint density at radius 3 is 2.83 bits per heavy atom. The summed E-state index contributed by atoms with van der Waals surface area (Å²) in [4.78, 5) is 21.0. The Morgan fingerprint density at radius 2 is 2.13 bits per heavy atom. The Bertz CT molecular complexity index is 841. The smallest absolute Gasteiger partial charge is 0.270 e. The standard InChI is InChI=1S/C17H19N5O/c1-4-11(2)19-17(23)15-9-12(3)22-16(20-15)10-14(21-22)13-7-5-6-8-18-13/h5-11H,4H2,1-3H3,(H,19,23)/t11-/m1/s1. The molecule has 6 heteroatoms. The number of rotatable bonds is 4. The first kappa shape index (κ1) is 15.1. The molecule has 3 rings (SSSR count). The molecular weight excluding hydrogens is 290 g/mol. The Morgan fingerprint density at radius 1 is 1.30 bits per heavy atom. The maximum atomic E-state index is 12.3. The first-order valence-electron chi connectivity index (χ1n) is 7.68. The molecule has 0 aromatic carbocycles. The number of aromatic nitrogens is 4. The highest BCUT2D eigenvalue weighted by atomic mass is 16.1. The zero-order valence-electron chi connectivity index (χ0n) is 13.4. The van der Waals surface area contributed by atoms with Crippen LogP contribution in [0.1, 0.15) is 36.5 Å². The predicted molar refractivity (Wildman–Crippen MR) is 88.2 cm³/mol. The largest absolute Gasteiger partial charge is 0.348 e. The van der Waals surface area contributed by atoms with Crippen LogP contribution in [0.3, 0.4) is 0 Å². The maximum Gasteiger partial charge on any atom is 0.270 e. The molecule has 1 amide bonds. The number of hydrogen-bond acceptors (Lipinski definition) is 4. The van der Waals surface area contributed by atoms with Crippen LogP contribution in [0.5, 0.6) is 0 Å². The quantitative estimate of drug-likeness (QED) is 0.804. The fraction of sp³-hybridized carbons (Fsp3) is 0.294. The van der Waals surface area contributed by atoms with Crippen LogP contribution >= 0.6 is 0 Å². The van der Waals surface area contributed by atoms with Gasteiger partial charge in [-0.15, -0.1) is 0 Å². The summed E-state index contributed by atoms with van der Waals surface area (Å²) in [5.41, 5.74) is 3.41. The number of aryl methyl sites for hydroxylation is 1. The predicted octanol–water partition coefficient (Wildman–Crippen LogP) is 2.63. The van der Waals surface area contributed by atoms with Crippen molar-refractivity contribution in [1.29, 1.82) is 0 Å². The van der Waals surface area contributed by atoms with Gasteiger partial charge in [0.15, 0.2) is 5.65 Å². The van der Waals surface area contributed by atoms with E-state index < -0.39 is 0 Å². The first-order chi connectivity index (χ1) is 11.1. The van der Waals surface area contributed by atoms with Gasteiger partial charge in [0.05, 0.1) is 5.69 Å². The van der Waals surface area contributed by atoms with Crippen molar-refractivity contribution in [2.75, 3.05) is 0 Å². The minimum atomic E-state index is -0.162. The molecule has 0 aliphatic heterocycles. The van der Waals surface area contributed by atoms with E-state index in [1.807, 2.05) is 45.0 Å². The Hall–Kier alpha value is -2.76. The van der Waals surface area contributed by atoms with E-state index in [1.165, 1.54) is 0 Å². The lowest BCUT2D eigenvalue weighted by Crippen LogP contribution is -2.32. The highest BCUT2D eigenvalue weighted by Gasteiger charge is 2.14. The van der Waals surface area contributed by atoms with Gasteiger partial charge < -0.3 is 5.32 Å². The number of hydrogen-bond donors (Lipinski definition) is 1. The van der Waals surface area contributed by atoms with Crippen LogP contribution in [-0.2, 0) is 0 Å². The van der Waals surface area contributed by atoms with E-state index in [2.05, 4.69) is 20.4 Å². The highest BCUT2D eigenvalue weighted by molar-refractivity contribution is 5.93. The van der Waals surface area contributed by atoms with Crippen molar-refractivity contribution in [3.8, 4) is 11.4 Å². The summed E-state index contributed by atoms with van der Waals surface area (Å²) in [5, 5.41) is 7.45. The zero-order chi connectivity index (χ0) is 16.4. The minimum absolute atomic E-state index is 0.120. The van der Waals surface area contributed by atoms with E-state index in [4.69, 9.17) is 0 Å². The van der Waals surface area contributed by atoms with Crippen LogP contribution in [0.2, 0.25) is 0 Å². The summed E-state index contributed by atoms with van der Waals surface area (Å²) in [7, 11) is 0. The van der Waals surface area contributed by atoms with Gasteiger partial charge in [0, 0.05) is 24.0 Å². The number of amides is 1. The maximum absolute atomic E-state index is 12.3. The molecule has 0 bridgehead atoms. The van der Waals surface area contributed by atoms with Crippen molar-refractivity contribution in [3.05, 3.63) is 47.9 Å². The van der Waals surface area contributed by atoms with Gasteiger partial charge in [0.25, 0.3) is 5.91 Å². The van der Waals surface area contributed by atoms with Crippen LogP contribution in [-0.4, -0.2) is 31.5 Å². The van der Waals surface area contributed by atoms with E-state index in [0.717, 1.165) is 23.5 Å². The zero-order valence-corrected chi connectivity index (χ0v) is 13.4. The molecule has 0 unspecified atom stereocenters. The molecule has 118 valence electrons. The number of pyridine rings is 1. The van der Waals surface area contributed by atoms with Crippen molar-refractivity contribution in [2.45, 2.75) is 33.2 Å². The Kier molecular flexibility index (Phi) is 4.06. The molecule has 6 nitrogen and oxygen atoms in total. The van der Waals surface area contributed by atoms with Crippen molar-refractivity contribution in [2.24, 2.45) is 0 Å². The molecule has 0 saturated heterocycles.